The third-order valence-electron chi connectivity index (χ3n) is 2.46. The van der Waals surface area contributed by atoms with Gasteiger partial charge in [0.25, 0.3) is 0 Å². The van der Waals surface area contributed by atoms with Gasteiger partial charge in [-0.3, -0.25) is 9.78 Å². The van der Waals surface area contributed by atoms with E-state index in [1.54, 1.807) is 0 Å². The Hall–Kier alpha value is -2.17. The van der Waals surface area contributed by atoms with Crippen molar-refractivity contribution in [3.05, 3.63) is 64.7 Å². The van der Waals surface area contributed by atoms with Crippen LogP contribution in [0.5, 0.6) is 0 Å². The number of carbonyl (C=O) groups excluding carboxylic acids is 1. The van der Waals surface area contributed by atoms with E-state index in [1.165, 1.54) is 6.92 Å². The van der Waals surface area contributed by atoms with E-state index in [0.29, 0.717) is 6.07 Å². The highest BCUT2D eigenvalue weighted by Gasteiger charge is 2.17. The first-order valence-corrected chi connectivity index (χ1v) is 5.10. The summed E-state index contributed by atoms with van der Waals surface area (Å²) in [5, 5.41) is 0. The van der Waals surface area contributed by atoms with Gasteiger partial charge in [0.1, 0.15) is 17.5 Å². The molecule has 0 aliphatic rings. The lowest BCUT2D eigenvalue weighted by molar-refractivity contribution is 0.103. The third kappa shape index (κ3) is 2.25. The van der Waals surface area contributed by atoms with E-state index in [-0.39, 0.29) is 16.7 Å². The molecule has 1 aromatic heterocycles. The summed E-state index contributed by atoms with van der Waals surface area (Å²) in [6.45, 7) is 1.41. The highest BCUT2D eigenvalue weighted by atomic mass is 19.1. The van der Waals surface area contributed by atoms with E-state index in [4.69, 9.17) is 0 Å². The van der Waals surface area contributed by atoms with Crippen LogP contribution in [0.1, 0.15) is 21.5 Å². The lowest BCUT2D eigenvalue weighted by atomic mass is 10.0. The van der Waals surface area contributed by atoms with Crippen molar-refractivity contribution in [1.29, 1.82) is 0 Å². The minimum Gasteiger partial charge on any atom is -0.288 e. The molecular weight excluding hydrogens is 243 g/mol. The summed E-state index contributed by atoms with van der Waals surface area (Å²) in [4.78, 5) is 15.4. The van der Waals surface area contributed by atoms with Crippen LogP contribution in [0.2, 0.25) is 0 Å². The largest absolute Gasteiger partial charge is 0.288 e. The van der Waals surface area contributed by atoms with Crippen molar-refractivity contribution < 1.29 is 18.0 Å². The molecule has 92 valence electrons. The Labute approximate surface area is 101 Å². The van der Waals surface area contributed by atoms with Crippen LogP contribution >= 0.6 is 0 Å². The molecule has 0 unspecified atom stereocenters. The Morgan fingerprint density at radius 2 is 1.78 bits per heavy atom. The van der Waals surface area contributed by atoms with Gasteiger partial charge < -0.3 is 0 Å². The van der Waals surface area contributed by atoms with Gasteiger partial charge >= 0.3 is 0 Å². The molecule has 0 amide bonds. The molecule has 1 aromatic carbocycles. The first-order valence-electron chi connectivity index (χ1n) is 5.10. The summed E-state index contributed by atoms with van der Waals surface area (Å²) >= 11 is 0. The molecule has 0 radical (unpaired) electrons. The van der Waals surface area contributed by atoms with E-state index in [9.17, 15) is 18.0 Å². The van der Waals surface area contributed by atoms with Crippen molar-refractivity contribution in [1.82, 2.24) is 4.98 Å². The van der Waals surface area contributed by atoms with Gasteiger partial charge in [-0.2, -0.15) is 0 Å². The van der Waals surface area contributed by atoms with Crippen LogP contribution in [0.15, 0.2) is 30.6 Å². The number of rotatable bonds is 2. The highest BCUT2D eigenvalue weighted by Crippen LogP contribution is 2.18. The van der Waals surface area contributed by atoms with E-state index in [1.807, 2.05) is 0 Å². The van der Waals surface area contributed by atoms with Crippen molar-refractivity contribution in [2.45, 2.75) is 6.92 Å². The summed E-state index contributed by atoms with van der Waals surface area (Å²) < 4.78 is 39.5. The zero-order valence-corrected chi connectivity index (χ0v) is 9.38. The maximum atomic E-state index is 13.5. The van der Waals surface area contributed by atoms with Gasteiger partial charge in [0.2, 0.25) is 0 Å². The van der Waals surface area contributed by atoms with Crippen molar-refractivity contribution >= 4 is 5.78 Å². The molecule has 0 bridgehead atoms. The van der Waals surface area contributed by atoms with Gasteiger partial charge in [0.05, 0.1) is 11.8 Å². The molecule has 1 heterocycles. The maximum Gasteiger partial charge on any atom is 0.197 e. The fourth-order valence-electron chi connectivity index (χ4n) is 1.52. The minimum absolute atomic E-state index is 0.0834. The molecule has 2 aromatic rings. The van der Waals surface area contributed by atoms with Gasteiger partial charge in [-0.05, 0) is 24.6 Å². The number of carbonyl (C=O) groups is 1. The number of aromatic nitrogens is 1. The van der Waals surface area contributed by atoms with E-state index >= 15 is 0 Å². The first-order chi connectivity index (χ1) is 8.49. The predicted octanol–water partition coefficient (Wildman–Crippen LogP) is 3.04. The number of halogens is 3. The molecule has 0 atom stereocenters. The Kier molecular flexibility index (Phi) is 3.14. The van der Waals surface area contributed by atoms with Gasteiger partial charge in [0.15, 0.2) is 5.78 Å². The summed E-state index contributed by atoms with van der Waals surface area (Å²) in [5.74, 6) is -3.14. The minimum atomic E-state index is -0.979. The molecule has 0 aliphatic heterocycles. The van der Waals surface area contributed by atoms with E-state index in [0.717, 1.165) is 24.5 Å². The normalized spacial score (nSPS) is 10.4. The number of ketones is 1. The molecule has 2 rings (SSSR count). The Balaban J connectivity index is 2.49. The molecule has 0 saturated carbocycles. The molecule has 2 nitrogen and oxygen atoms in total. The zero-order chi connectivity index (χ0) is 13.3. The fourth-order valence-corrected chi connectivity index (χ4v) is 1.52. The molecule has 0 saturated heterocycles. The van der Waals surface area contributed by atoms with Crippen molar-refractivity contribution in [3.8, 4) is 0 Å². The lowest BCUT2D eigenvalue weighted by Crippen LogP contribution is -2.06. The highest BCUT2D eigenvalue weighted by molar-refractivity contribution is 6.09. The molecular formula is C13H8F3NO. The molecule has 0 N–H and O–H groups in total. The smallest absolute Gasteiger partial charge is 0.197 e. The van der Waals surface area contributed by atoms with Crippen LogP contribution < -0.4 is 0 Å². The number of aryl methyl sites for hydroxylation is 1. The van der Waals surface area contributed by atoms with Gasteiger partial charge in [0, 0.05) is 17.8 Å². The topological polar surface area (TPSA) is 30.0 Å². The van der Waals surface area contributed by atoms with Crippen molar-refractivity contribution in [2.24, 2.45) is 0 Å². The zero-order valence-electron chi connectivity index (χ0n) is 9.38. The molecule has 18 heavy (non-hydrogen) atoms. The van der Waals surface area contributed by atoms with Crippen LogP contribution in [0.3, 0.4) is 0 Å². The monoisotopic (exact) mass is 251 g/mol. The van der Waals surface area contributed by atoms with Crippen LogP contribution in [0.25, 0.3) is 0 Å². The number of hydrogen-bond acceptors (Lipinski definition) is 2. The summed E-state index contributed by atoms with van der Waals surface area (Å²) in [6, 6.07) is 2.68. The lowest BCUT2D eigenvalue weighted by Gasteiger charge is -2.05. The summed E-state index contributed by atoms with van der Waals surface area (Å²) in [6.07, 6.45) is 2.06. The Bertz CT molecular complexity index is 626. The SMILES string of the molecule is Cc1cc(C(=O)c2cncc(F)c2)c(F)cc1F. The second-order valence-corrected chi connectivity index (χ2v) is 3.80. The van der Waals surface area contributed by atoms with Gasteiger partial charge in [-0.25, -0.2) is 13.2 Å². The number of benzene rings is 1. The number of pyridine rings is 1. The number of nitrogens with zero attached hydrogens (tertiary/aromatic N) is 1. The van der Waals surface area contributed by atoms with E-state index < -0.39 is 23.2 Å². The average molecular weight is 251 g/mol. The van der Waals surface area contributed by atoms with Gasteiger partial charge in [-0.15, -0.1) is 0 Å². The second-order valence-electron chi connectivity index (χ2n) is 3.80. The molecule has 5 heteroatoms. The second kappa shape index (κ2) is 4.60. The third-order valence-corrected chi connectivity index (χ3v) is 2.46. The average Bonchev–Trinajstić information content (AvgIpc) is 2.33. The fraction of sp³-hybridized carbons (Fsp3) is 0.0769. The molecule has 0 spiro atoms. The quantitative estimate of drug-likeness (QED) is 0.768. The van der Waals surface area contributed by atoms with Crippen LogP contribution in [0.4, 0.5) is 13.2 Å². The van der Waals surface area contributed by atoms with Gasteiger partial charge in [-0.1, -0.05) is 0 Å². The standard InChI is InChI=1S/C13H8F3NO/c1-7-2-10(12(16)4-11(7)15)13(18)8-3-9(14)6-17-5-8/h2-6H,1H3. The van der Waals surface area contributed by atoms with Crippen LogP contribution in [0, 0.1) is 24.4 Å². The predicted molar refractivity (Wildman–Crippen MR) is 58.7 cm³/mol. The summed E-state index contributed by atoms with van der Waals surface area (Å²) in [5.41, 5.74) is -0.245. The Morgan fingerprint density at radius 1 is 1.06 bits per heavy atom. The maximum absolute atomic E-state index is 13.5. The van der Waals surface area contributed by atoms with Crippen LogP contribution in [-0.4, -0.2) is 10.8 Å². The van der Waals surface area contributed by atoms with Crippen LogP contribution in [-0.2, 0) is 0 Å². The first kappa shape index (κ1) is 12.3. The summed E-state index contributed by atoms with van der Waals surface area (Å²) in [7, 11) is 0. The Morgan fingerprint density at radius 3 is 2.44 bits per heavy atom. The van der Waals surface area contributed by atoms with Crippen molar-refractivity contribution in [3.63, 3.8) is 0 Å². The molecule has 0 aliphatic carbocycles. The molecule has 0 fully saturated rings. The van der Waals surface area contributed by atoms with Crippen molar-refractivity contribution in [2.75, 3.05) is 0 Å². The van der Waals surface area contributed by atoms with E-state index in [2.05, 4.69) is 4.98 Å². The number of hydrogen-bond donors (Lipinski definition) is 0.